The van der Waals surface area contributed by atoms with Crippen LogP contribution in [0.4, 0.5) is 4.79 Å². The van der Waals surface area contributed by atoms with Gasteiger partial charge in [0.25, 0.3) is 0 Å². The van der Waals surface area contributed by atoms with Gasteiger partial charge in [-0.15, -0.1) is 0 Å². The van der Waals surface area contributed by atoms with Gasteiger partial charge in [-0.2, -0.15) is 0 Å². The number of amides is 2. The Balaban J connectivity index is 2.43. The maximum atomic E-state index is 12.0. The summed E-state index contributed by atoms with van der Waals surface area (Å²) in [5, 5.41) is 6.42. The first-order chi connectivity index (χ1) is 7.42. The van der Waals surface area contributed by atoms with Crippen molar-refractivity contribution in [1.82, 2.24) is 15.5 Å². The molecule has 1 fully saturated rings. The van der Waals surface area contributed by atoms with E-state index in [1.54, 1.807) is 0 Å². The van der Waals surface area contributed by atoms with Crippen molar-refractivity contribution in [2.45, 2.75) is 52.1 Å². The van der Waals surface area contributed by atoms with Crippen molar-refractivity contribution in [2.24, 2.45) is 0 Å². The Labute approximate surface area is 98.8 Å². The molecule has 0 saturated carbocycles. The van der Waals surface area contributed by atoms with Gasteiger partial charge in [0.15, 0.2) is 0 Å². The molecule has 4 heteroatoms. The first-order valence-corrected chi connectivity index (χ1v) is 6.23. The molecular formula is C12H25N3O. The molecule has 1 unspecified atom stereocenters. The Morgan fingerprint density at radius 2 is 2.19 bits per heavy atom. The molecule has 94 valence electrons. The van der Waals surface area contributed by atoms with E-state index in [2.05, 4.69) is 10.6 Å². The van der Waals surface area contributed by atoms with Gasteiger partial charge in [-0.25, -0.2) is 4.79 Å². The van der Waals surface area contributed by atoms with E-state index < -0.39 is 0 Å². The second kappa shape index (κ2) is 5.53. The minimum Gasteiger partial charge on any atom is -0.333 e. The topological polar surface area (TPSA) is 44.4 Å². The molecule has 1 aliphatic rings. The molecular weight excluding hydrogens is 202 g/mol. The molecule has 0 aromatic rings. The number of carbonyl (C=O) groups excluding carboxylic acids is 1. The summed E-state index contributed by atoms with van der Waals surface area (Å²) >= 11 is 0. The van der Waals surface area contributed by atoms with Crippen LogP contribution in [-0.2, 0) is 0 Å². The second-order valence-electron chi connectivity index (χ2n) is 5.51. The Bertz CT molecular complexity index is 229. The molecule has 0 aromatic heterocycles. The molecule has 1 aliphatic heterocycles. The zero-order valence-electron chi connectivity index (χ0n) is 11.0. The number of carbonyl (C=O) groups is 1. The number of nitrogens with one attached hydrogen (secondary N) is 2. The van der Waals surface area contributed by atoms with Gasteiger partial charge in [0.05, 0.1) is 0 Å². The predicted octanol–water partition coefficient (Wildman–Crippen LogP) is 1.57. The molecule has 16 heavy (non-hydrogen) atoms. The van der Waals surface area contributed by atoms with Crippen LogP contribution in [0.2, 0.25) is 0 Å². The van der Waals surface area contributed by atoms with Crippen LogP contribution < -0.4 is 10.6 Å². The van der Waals surface area contributed by atoms with Gasteiger partial charge in [0.1, 0.15) is 0 Å². The number of hydrogen-bond acceptors (Lipinski definition) is 2. The van der Waals surface area contributed by atoms with E-state index in [1.165, 1.54) is 12.8 Å². The molecule has 2 N–H and O–H groups in total. The van der Waals surface area contributed by atoms with E-state index in [9.17, 15) is 4.79 Å². The van der Waals surface area contributed by atoms with Crippen LogP contribution in [0.3, 0.4) is 0 Å². The fourth-order valence-electron chi connectivity index (χ4n) is 1.93. The number of likely N-dealkylation sites (N-methyl/N-ethyl adjacent to an activating group) is 1. The number of nitrogens with zero attached hydrogens (tertiary/aromatic N) is 1. The third-order valence-electron chi connectivity index (χ3n) is 2.75. The van der Waals surface area contributed by atoms with E-state index in [1.807, 2.05) is 32.6 Å². The smallest absolute Gasteiger partial charge is 0.317 e. The fraction of sp³-hybridized carbons (Fsp3) is 0.917. The molecule has 4 nitrogen and oxygen atoms in total. The highest BCUT2D eigenvalue weighted by molar-refractivity contribution is 5.74. The first-order valence-electron chi connectivity index (χ1n) is 6.23. The molecule has 1 heterocycles. The monoisotopic (exact) mass is 227 g/mol. The molecule has 1 rings (SSSR count). The summed E-state index contributed by atoms with van der Waals surface area (Å²) in [6.07, 6.45) is 2.41. The Kier molecular flexibility index (Phi) is 4.59. The van der Waals surface area contributed by atoms with Crippen LogP contribution in [0.25, 0.3) is 0 Å². The summed E-state index contributed by atoms with van der Waals surface area (Å²) in [5.74, 6) is 0. The average Bonchev–Trinajstić information content (AvgIpc) is 2.63. The standard InChI is InChI=1S/C12H25N3O/c1-5-15(9-10-7-6-8-13-10)11(16)14-12(2,3)4/h10,13H,5-9H2,1-4H3,(H,14,16). The van der Waals surface area contributed by atoms with E-state index in [4.69, 9.17) is 0 Å². The lowest BCUT2D eigenvalue weighted by Gasteiger charge is -2.29. The van der Waals surface area contributed by atoms with Crippen LogP contribution in [-0.4, -0.2) is 42.1 Å². The van der Waals surface area contributed by atoms with Gasteiger partial charge in [-0.1, -0.05) is 0 Å². The van der Waals surface area contributed by atoms with Crippen LogP contribution in [0, 0.1) is 0 Å². The summed E-state index contributed by atoms with van der Waals surface area (Å²) in [5.41, 5.74) is -0.159. The summed E-state index contributed by atoms with van der Waals surface area (Å²) in [7, 11) is 0. The largest absolute Gasteiger partial charge is 0.333 e. The highest BCUT2D eigenvalue weighted by atomic mass is 16.2. The number of hydrogen-bond donors (Lipinski definition) is 2. The van der Waals surface area contributed by atoms with Crippen LogP contribution in [0.1, 0.15) is 40.5 Å². The second-order valence-corrected chi connectivity index (χ2v) is 5.51. The minimum atomic E-state index is -0.159. The summed E-state index contributed by atoms with van der Waals surface area (Å²) in [6, 6.07) is 0.523. The van der Waals surface area contributed by atoms with Gasteiger partial charge in [0.2, 0.25) is 0 Å². The van der Waals surface area contributed by atoms with E-state index in [0.717, 1.165) is 19.6 Å². The average molecular weight is 227 g/mol. The fourth-order valence-corrected chi connectivity index (χ4v) is 1.93. The normalized spacial score (nSPS) is 20.9. The van der Waals surface area contributed by atoms with Crippen molar-refractivity contribution in [3.8, 4) is 0 Å². The summed E-state index contributed by atoms with van der Waals surface area (Å²) in [4.78, 5) is 13.8. The number of urea groups is 1. The SMILES string of the molecule is CCN(CC1CCCN1)C(=O)NC(C)(C)C. The van der Waals surface area contributed by atoms with Crippen LogP contribution in [0.15, 0.2) is 0 Å². The Morgan fingerprint density at radius 1 is 1.50 bits per heavy atom. The minimum absolute atomic E-state index is 0.0451. The molecule has 1 atom stereocenters. The zero-order chi connectivity index (χ0) is 12.2. The van der Waals surface area contributed by atoms with Crippen molar-refractivity contribution in [1.29, 1.82) is 0 Å². The van der Waals surface area contributed by atoms with Crippen molar-refractivity contribution in [3.63, 3.8) is 0 Å². The van der Waals surface area contributed by atoms with E-state index in [0.29, 0.717) is 6.04 Å². The van der Waals surface area contributed by atoms with Crippen molar-refractivity contribution < 1.29 is 4.79 Å². The predicted molar refractivity (Wildman–Crippen MR) is 66.6 cm³/mol. The lowest BCUT2D eigenvalue weighted by Crippen LogP contribution is -2.51. The van der Waals surface area contributed by atoms with Crippen molar-refractivity contribution in [3.05, 3.63) is 0 Å². The molecule has 1 saturated heterocycles. The molecule has 0 aliphatic carbocycles. The van der Waals surface area contributed by atoms with Gasteiger partial charge in [-0.3, -0.25) is 0 Å². The van der Waals surface area contributed by atoms with Crippen molar-refractivity contribution in [2.75, 3.05) is 19.6 Å². The zero-order valence-corrected chi connectivity index (χ0v) is 11.0. The van der Waals surface area contributed by atoms with E-state index in [-0.39, 0.29) is 11.6 Å². The van der Waals surface area contributed by atoms with Gasteiger partial charge in [0, 0.05) is 24.7 Å². The number of rotatable bonds is 3. The Morgan fingerprint density at radius 3 is 2.62 bits per heavy atom. The maximum absolute atomic E-state index is 12.0. The lowest BCUT2D eigenvalue weighted by atomic mass is 10.1. The van der Waals surface area contributed by atoms with E-state index >= 15 is 0 Å². The highest BCUT2D eigenvalue weighted by Crippen LogP contribution is 2.08. The van der Waals surface area contributed by atoms with Gasteiger partial charge < -0.3 is 15.5 Å². The molecule has 0 spiro atoms. The molecule has 2 amide bonds. The summed E-state index contributed by atoms with van der Waals surface area (Å²) < 4.78 is 0. The Hall–Kier alpha value is -0.770. The first kappa shape index (κ1) is 13.3. The van der Waals surface area contributed by atoms with Crippen LogP contribution in [0.5, 0.6) is 0 Å². The maximum Gasteiger partial charge on any atom is 0.317 e. The third-order valence-corrected chi connectivity index (χ3v) is 2.75. The quantitative estimate of drug-likeness (QED) is 0.768. The summed E-state index contributed by atoms with van der Waals surface area (Å²) in [6.45, 7) is 10.7. The molecule has 0 radical (unpaired) electrons. The third kappa shape index (κ3) is 4.39. The molecule has 0 bridgehead atoms. The van der Waals surface area contributed by atoms with Crippen LogP contribution >= 0.6 is 0 Å². The van der Waals surface area contributed by atoms with Gasteiger partial charge >= 0.3 is 6.03 Å². The van der Waals surface area contributed by atoms with Crippen molar-refractivity contribution >= 4 is 6.03 Å². The van der Waals surface area contributed by atoms with Gasteiger partial charge in [-0.05, 0) is 47.1 Å². The highest BCUT2D eigenvalue weighted by Gasteiger charge is 2.22. The molecule has 0 aromatic carbocycles. The lowest BCUT2D eigenvalue weighted by molar-refractivity contribution is 0.186.